The second kappa shape index (κ2) is 13.4. The van der Waals surface area contributed by atoms with Gasteiger partial charge in [-0.2, -0.15) is 0 Å². The summed E-state index contributed by atoms with van der Waals surface area (Å²) in [5.74, 6) is -3.36. The molecule has 0 aliphatic carbocycles. The molecule has 4 atom stereocenters. The van der Waals surface area contributed by atoms with Gasteiger partial charge in [-0.15, -0.1) is 0 Å². The van der Waals surface area contributed by atoms with Gasteiger partial charge in [0.15, 0.2) is 0 Å². The third-order valence-corrected chi connectivity index (χ3v) is 5.52. The molecule has 1 heterocycles. The first-order valence-corrected chi connectivity index (χ1v) is 11.4. The number of para-hydroxylation sites is 1. The van der Waals surface area contributed by atoms with Crippen molar-refractivity contribution in [2.24, 2.45) is 11.5 Å². The molecular weight excluding hydrogens is 456 g/mol. The van der Waals surface area contributed by atoms with Crippen molar-refractivity contribution in [3.8, 4) is 0 Å². The molecule has 0 fully saturated rings. The Morgan fingerprint density at radius 2 is 1.60 bits per heavy atom. The van der Waals surface area contributed by atoms with Gasteiger partial charge in [0, 0.05) is 23.5 Å². The van der Waals surface area contributed by atoms with Crippen LogP contribution in [0, 0.1) is 0 Å². The van der Waals surface area contributed by atoms with Crippen molar-refractivity contribution in [2.75, 3.05) is 13.2 Å². The van der Waals surface area contributed by atoms with Crippen LogP contribution < -0.4 is 27.4 Å². The van der Waals surface area contributed by atoms with Crippen molar-refractivity contribution >= 4 is 34.6 Å². The fraction of sp³-hybridized carbons (Fsp3) is 0.478. The molecule has 2 aromatic rings. The molecule has 0 saturated carbocycles. The number of fused-ring (bicyclic) bond motifs is 1. The number of carbonyl (C=O) groups is 4. The van der Waals surface area contributed by atoms with E-state index in [-0.39, 0.29) is 12.8 Å². The van der Waals surface area contributed by atoms with Crippen LogP contribution in [-0.2, 0) is 25.6 Å². The molecule has 0 radical (unpaired) electrons. The van der Waals surface area contributed by atoms with E-state index < -0.39 is 54.5 Å². The normalized spacial score (nSPS) is 14.5. The van der Waals surface area contributed by atoms with Gasteiger partial charge in [-0.3, -0.25) is 14.4 Å². The number of aromatic amines is 1. The Morgan fingerprint density at radius 3 is 2.23 bits per heavy atom. The van der Waals surface area contributed by atoms with Gasteiger partial charge in [0.05, 0.1) is 12.6 Å². The lowest BCUT2D eigenvalue weighted by molar-refractivity contribution is -0.142. The lowest BCUT2D eigenvalue weighted by atomic mass is 10.0. The minimum Gasteiger partial charge on any atom is -0.480 e. The molecule has 2 rings (SSSR count). The highest BCUT2D eigenvalue weighted by Crippen LogP contribution is 2.19. The predicted octanol–water partition coefficient (Wildman–Crippen LogP) is -1.28. The van der Waals surface area contributed by atoms with E-state index in [1.54, 1.807) is 6.20 Å². The van der Waals surface area contributed by atoms with Crippen molar-refractivity contribution in [3.63, 3.8) is 0 Å². The van der Waals surface area contributed by atoms with Gasteiger partial charge in [0.25, 0.3) is 0 Å². The van der Waals surface area contributed by atoms with Gasteiger partial charge in [-0.05, 0) is 44.4 Å². The molecule has 0 aliphatic rings. The number of H-pyrrole nitrogens is 1. The third kappa shape index (κ3) is 8.05. The van der Waals surface area contributed by atoms with Crippen LogP contribution in [-0.4, -0.2) is 76.2 Å². The van der Waals surface area contributed by atoms with Crippen LogP contribution in [0.3, 0.4) is 0 Å². The first-order chi connectivity index (χ1) is 16.7. The van der Waals surface area contributed by atoms with Crippen LogP contribution in [0.5, 0.6) is 0 Å². The molecule has 0 saturated heterocycles. The zero-order chi connectivity index (χ0) is 26.0. The minimum atomic E-state index is -1.32. The molecule has 0 aliphatic heterocycles. The largest absolute Gasteiger partial charge is 0.480 e. The predicted molar refractivity (Wildman–Crippen MR) is 129 cm³/mol. The number of nitrogens with two attached hydrogens (primary N) is 2. The van der Waals surface area contributed by atoms with E-state index in [0.29, 0.717) is 19.4 Å². The highest BCUT2D eigenvalue weighted by molar-refractivity contribution is 5.94. The summed E-state index contributed by atoms with van der Waals surface area (Å²) in [7, 11) is 0. The number of aliphatic hydroxyl groups excluding tert-OH is 1. The van der Waals surface area contributed by atoms with Crippen molar-refractivity contribution in [2.45, 2.75) is 56.8 Å². The number of rotatable bonds is 14. The van der Waals surface area contributed by atoms with Crippen molar-refractivity contribution in [1.29, 1.82) is 0 Å². The second-order valence-electron chi connectivity index (χ2n) is 8.34. The SMILES string of the molecule is CC(N)C(=O)NC(CO)C(=O)NC(CCCCN)C(=O)NC(Cc1c[nH]c2ccccc12)C(=O)O. The lowest BCUT2D eigenvalue weighted by Gasteiger charge is -2.24. The molecule has 12 heteroatoms. The van der Waals surface area contributed by atoms with Crippen LogP contribution >= 0.6 is 0 Å². The quantitative estimate of drug-likeness (QED) is 0.149. The van der Waals surface area contributed by atoms with Crippen LogP contribution in [0.4, 0.5) is 0 Å². The third-order valence-electron chi connectivity index (χ3n) is 5.52. The summed E-state index contributed by atoms with van der Waals surface area (Å²) >= 11 is 0. The van der Waals surface area contributed by atoms with Crippen LogP contribution in [0.25, 0.3) is 10.9 Å². The molecule has 4 unspecified atom stereocenters. The summed E-state index contributed by atoms with van der Waals surface area (Å²) in [4.78, 5) is 52.5. The Kier molecular flexibility index (Phi) is 10.6. The topological polar surface area (TPSA) is 213 Å². The summed E-state index contributed by atoms with van der Waals surface area (Å²) in [5.41, 5.74) is 12.6. The van der Waals surface area contributed by atoms with E-state index >= 15 is 0 Å². The first-order valence-electron chi connectivity index (χ1n) is 11.4. The van der Waals surface area contributed by atoms with Crippen molar-refractivity contribution in [3.05, 3.63) is 36.0 Å². The molecule has 3 amide bonds. The zero-order valence-corrected chi connectivity index (χ0v) is 19.6. The van der Waals surface area contributed by atoms with Gasteiger partial charge in [0.2, 0.25) is 17.7 Å². The van der Waals surface area contributed by atoms with Crippen molar-refractivity contribution < 1.29 is 29.4 Å². The van der Waals surface area contributed by atoms with Gasteiger partial charge in [0.1, 0.15) is 18.1 Å². The summed E-state index contributed by atoms with van der Waals surface area (Å²) in [6, 6.07) is 2.83. The second-order valence-corrected chi connectivity index (χ2v) is 8.34. The lowest BCUT2D eigenvalue weighted by Crippen LogP contribution is -2.58. The average molecular weight is 491 g/mol. The fourth-order valence-electron chi connectivity index (χ4n) is 3.52. The number of nitrogens with one attached hydrogen (secondary N) is 4. The molecule has 12 nitrogen and oxygen atoms in total. The van der Waals surface area contributed by atoms with Crippen LogP contribution in [0.15, 0.2) is 30.5 Å². The van der Waals surface area contributed by atoms with E-state index in [1.807, 2.05) is 24.3 Å². The highest BCUT2D eigenvalue weighted by Gasteiger charge is 2.30. The fourth-order valence-corrected chi connectivity index (χ4v) is 3.52. The summed E-state index contributed by atoms with van der Waals surface area (Å²) in [5, 5.41) is 27.4. The average Bonchev–Trinajstić information content (AvgIpc) is 3.23. The minimum absolute atomic E-state index is 0.0261. The summed E-state index contributed by atoms with van der Waals surface area (Å²) < 4.78 is 0. The molecule has 1 aromatic carbocycles. The number of carbonyl (C=O) groups excluding carboxylic acids is 3. The van der Waals surface area contributed by atoms with Gasteiger partial charge in [-0.25, -0.2) is 4.79 Å². The number of aliphatic hydroxyl groups is 1. The number of carboxylic acids is 1. The number of aliphatic carboxylic acids is 1. The van der Waals surface area contributed by atoms with Crippen LogP contribution in [0.1, 0.15) is 31.7 Å². The number of hydrogen-bond donors (Lipinski definition) is 8. The molecular formula is C23H34N6O6. The number of benzene rings is 1. The van der Waals surface area contributed by atoms with Gasteiger partial charge < -0.3 is 42.6 Å². The highest BCUT2D eigenvalue weighted by atomic mass is 16.4. The standard InChI is InChI=1S/C23H34N6O6/c1-13(25)20(31)29-19(12-30)22(33)27-17(8-4-5-9-24)21(32)28-18(23(34)35)10-14-11-26-16-7-3-2-6-15(14)16/h2-3,6-7,11,13,17-19,26,30H,4-5,8-10,12,24-25H2,1H3,(H,27,33)(H,28,32)(H,29,31)(H,34,35). The first kappa shape index (κ1) is 27.8. The number of amides is 3. The number of hydrogen-bond acceptors (Lipinski definition) is 7. The Morgan fingerprint density at radius 1 is 0.971 bits per heavy atom. The molecule has 0 bridgehead atoms. The van der Waals surface area contributed by atoms with E-state index in [2.05, 4.69) is 20.9 Å². The van der Waals surface area contributed by atoms with E-state index in [9.17, 15) is 29.4 Å². The van der Waals surface area contributed by atoms with Crippen LogP contribution in [0.2, 0.25) is 0 Å². The summed E-state index contributed by atoms with van der Waals surface area (Å²) in [6.07, 6.45) is 2.99. The van der Waals surface area contributed by atoms with E-state index in [1.165, 1.54) is 6.92 Å². The van der Waals surface area contributed by atoms with Crippen molar-refractivity contribution in [1.82, 2.24) is 20.9 Å². The number of carboxylic acid groups (broad SMARTS) is 1. The monoisotopic (exact) mass is 490 g/mol. The Bertz CT molecular complexity index is 1020. The molecule has 192 valence electrons. The van der Waals surface area contributed by atoms with E-state index in [0.717, 1.165) is 16.5 Å². The summed E-state index contributed by atoms with van der Waals surface area (Å²) in [6.45, 7) is 1.09. The smallest absolute Gasteiger partial charge is 0.326 e. The maximum atomic E-state index is 13.0. The van der Waals surface area contributed by atoms with Gasteiger partial charge in [-0.1, -0.05) is 18.2 Å². The zero-order valence-electron chi connectivity index (χ0n) is 19.6. The Labute approximate surface area is 202 Å². The molecule has 1 aromatic heterocycles. The molecule has 10 N–H and O–H groups in total. The Balaban J connectivity index is 2.14. The Hall–Kier alpha value is -3.48. The molecule has 35 heavy (non-hydrogen) atoms. The van der Waals surface area contributed by atoms with E-state index in [4.69, 9.17) is 11.5 Å². The number of aromatic nitrogens is 1. The number of unbranched alkanes of at least 4 members (excludes halogenated alkanes) is 1. The maximum Gasteiger partial charge on any atom is 0.326 e. The molecule has 0 spiro atoms. The van der Waals surface area contributed by atoms with Gasteiger partial charge >= 0.3 is 5.97 Å². The maximum absolute atomic E-state index is 13.0.